The molecule has 138 valence electrons. The maximum atomic E-state index is 12.6. The van der Waals surface area contributed by atoms with Crippen molar-refractivity contribution in [3.63, 3.8) is 0 Å². The van der Waals surface area contributed by atoms with Gasteiger partial charge in [-0.05, 0) is 37.6 Å². The molecule has 0 bridgehead atoms. The van der Waals surface area contributed by atoms with Crippen LogP contribution < -0.4 is 5.32 Å². The molecule has 27 heavy (non-hydrogen) atoms. The fourth-order valence-electron chi connectivity index (χ4n) is 3.38. The van der Waals surface area contributed by atoms with Crippen molar-refractivity contribution in [1.29, 1.82) is 0 Å². The van der Waals surface area contributed by atoms with Crippen LogP contribution in [0.2, 0.25) is 0 Å². The summed E-state index contributed by atoms with van der Waals surface area (Å²) in [5.41, 5.74) is 3.97. The second-order valence-electron chi connectivity index (χ2n) is 7.07. The third kappa shape index (κ3) is 3.85. The van der Waals surface area contributed by atoms with Crippen molar-refractivity contribution >= 4 is 39.1 Å². The Morgan fingerprint density at radius 1 is 1.22 bits per heavy atom. The van der Waals surface area contributed by atoms with E-state index < -0.39 is 0 Å². The summed E-state index contributed by atoms with van der Waals surface area (Å²) in [4.78, 5) is 31.2. The molecule has 3 aromatic rings. The fraction of sp³-hybridized carbons (Fsp3) is 0.286. The average molecular weight is 379 g/mol. The Morgan fingerprint density at radius 3 is 2.78 bits per heavy atom. The fourth-order valence-corrected chi connectivity index (χ4v) is 4.24. The van der Waals surface area contributed by atoms with E-state index in [0.717, 1.165) is 26.5 Å². The monoisotopic (exact) mass is 379 g/mol. The predicted molar refractivity (Wildman–Crippen MR) is 108 cm³/mol. The van der Waals surface area contributed by atoms with Gasteiger partial charge in [0.25, 0.3) is 0 Å². The van der Waals surface area contributed by atoms with Gasteiger partial charge < -0.3 is 10.2 Å². The second-order valence-corrected chi connectivity index (χ2v) is 8.30. The number of benzene rings is 2. The number of fused-ring (bicyclic) bond motifs is 1. The summed E-state index contributed by atoms with van der Waals surface area (Å²) < 4.78 is 1.05. The molecule has 0 saturated carbocycles. The molecule has 0 aliphatic carbocycles. The lowest BCUT2D eigenvalue weighted by Gasteiger charge is -2.17. The summed E-state index contributed by atoms with van der Waals surface area (Å²) in [7, 11) is 0. The molecule has 2 amide bonds. The Kier molecular flexibility index (Phi) is 4.66. The van der Waals surface area contributed by atoms with Gasteiger partial charge in [0, 0.05) is 25.2 Å². The third-order valence-electron chi connectivity index (χ3n) is 4.84. The van der Waals surface area contributed by atoms with Gasteiger partial charge in [0.15, 0.2) is 0 Å². The summed E-state index contributed by atoms with van der Waals surface area (Å²) >= 11 is 1.60. The number of likely N-dealkylation sites (tertiary alicyclic amines) is 1. The van der Waals surface area contributed by atoms with Crippen molar-refractivity contribution in [2.24, 2.45) is 5.92 Å². The Morgan fingerprint density at radius 2 is 2.00 bits per heavy atom. The van der Waals surface area contributed by atoms with Crippen LogP contribution >= 0.6 is 11.3 Å². The first-order valence-electron chi connectivity index (χ1n) is 8.99. The van der Waals surface area contributed by atoms with Crippen LogP contribution in [-0.2, 0) is 16.1 Å². The van der Waals surface area contributed by atoms with Crippen LogP contribution in [0.4, 0.5) is 5.69 Å². The van der Waals surface area contributed by atoms with Crippen LogP contribution in [0.25, 0.3) is 10.2 Å². The van der Waals surface area contributed by atoms with Crippen LogP contribution in [0, 0.1) is 19.8 Å². The number of nitrogens with zero attached hydrogens (tertiary/aromatic N) is 2. The van der Waals surface area contributed by atoms with Gasteiger partial charge in [0.1, 0.15) is 0 Å². The highest BCUT2D eigenvalue weighted by Gasteiger charge is 2.34. The smallest absolute Gasteiger partial charge is 0.229 e. The summed E-state index contributed by atoms with van der Waals surface area (Å²) in [6.07, 6.45) is 0.263. The number of carbonyl (C=O) groups is 2. The van der Waals surface area contributed by atoms with Gasteiger partial charge in [-0.3, -0.25) is 9.59 Å². The maximum Gasteiger partial charge on any atom is 0.229 e. The molecule has 0 radical (unpaired) electrons. The summed E-state index contributed by atoms with van der Waals surface area (Å²) in [5, 5.41) is 3.96. The van der Waals surface area contributed by atoms with Gasteiger partial charge in [-0.25, -0.2) is 4.98 Å². The van der Waals surface area contributed by atoms with Crippen molar-refractivity contribution in [1.82, 2.24) is 9.88 Å². The van der Waals surface area contributed by atoms with Crippen molar-refractivity contribution < 1.29 is 9.59 Å². The van der Waals surface area contributed by atoms with E-state index in [4.69, 9.17) is 0 Å². The molecule has 1 fully saturated rings. The molecule has 0 unspecified atom stereocenters. The maximum absolute atomic E-state index is 12.6. The zero-order valence-electron chi connectivity index (χ0n) is 15.4. The number of hydrogen-bond acceptors (Lipinski definition) is 4. The highest BCUT2D eigenvalue weighted by molar-refractivity contribution is 7.18. The predicted octanol–water partition coefficient (Wildman–Crippen LogP) is 3.90. The molecule has 1 aliphatic rings. The number of aryl methyl sites for hydroxylation is 2. The standard InChI is InChI=1S/C21H21N3O2S/c1-13-3-5-15(6-4-13)11-24-12-16(9-20(24)25)21(26)23-17-7-8-18-19(10-17)27-14(2)22-18/h3-8,10,16H,9,11-12H2,1-2H3,(H,23,26)/t16-/m1/s1. The number of carbonyl (C=O) groups excluding carboxylic acids is 2. The van der Waals surface area contributed by atoms with Crippen molar-refractivity contribution in [2.45, 2.75) is 26.8 Å². The van der Waals surface area contributed by atoms with E-state index in [-0.39, 0.29) is 24.2 Å². The minimum Gasteiger partial charge on any atom is -0.338 e. The number of anilines is 1. The van der Waals surface area contributed by atoms with Gasteiger partial charge >= 0.3 is 0 Å². The van der Waals surface area contributed by atoms with Crippen LogP contribution in [0.15, 0.2) is 42.5 Å². The summed E-state index contributed by atoms with van der Waals surface area (Å²) in [6.45, 7) is 5.02. The number of amides is 2. The molecule has 4 rings (SSSR count). The van der Waals surface area contributed by atoms with E-state index in [1.54, 1.807) is 16.2 Å². The molecule has 2 aromatic carbocycles. The normalized spacial score (nSPS) is 16.9. The second kappa shape index (κ2) is 7.12. The van der Waals surface area contributed by atoms with Crippen LogP contribution in [-0.4, -0.2) is 28.2 Å². The highest BCUT2D eigenvalue weighted by atomic mass is 32.1. The molecular weight excluding hydrogens is 358 g/mol. The van der Waals surface area contributed by atoms with E-state index in [2.05, 4.69) is 10.3 Å². The topological polar surface area (TPSA) is 62.3 Å². The average Bonchev–Trinajstić information content (AvgIpc) is 3.18. The van der Waals surface area contributed by atoms with E-state index in [9.17, 15) is 9.59 Å². The lowest BCUT2D eigenvalue weighted by Crippen LogP contribution is -2.28. The number of thiazole rings is 1. The Labute approximate surface area is 162 Å². The van der Waals surface area contributed by atoms with E-state index >= 15 is 0 Å². The molecule has 6 heteroatoms. The molecule has 1 atom stereocenters. The van der Waals surface area contributed by atoms with Crippen LogP contribution in [0.1, 0.15) is 22.6 Å². The number of hydrogen-bond donors (Lipinski definition) is 1. The zero-order chi connectivity index (χ0) is 19.0. The van der Waals surface area contributed by atoms with E-state index in [0.29, 0.717) is 13.1 Å². The molecule has 1 saturated heterocycles. The highest BCUT2D eigenvalue weighted by Crippen LogP contribution is 2.26. The zero-order valence-corrected chi connectivity index (χ0v) is 16.2. The van der Waals surface area contributed by atoms with E-state index in [1.807, 2.05) is 56.3 Å². The summed E-state index contributed by atoms with van der Waals surface area (Å²) in [6, 6.07) is 13.9. The molecule has 1 aromatic heterocycles. The number of nitrogens with one attached hydrogen (secondary N) is 1. The minimum atomic E-state index is -0.318. The first-order valence-corrected chi connectivity index (χ1v) is 9.81. The molecule has 5 nitrogen and oxygen atoms in total. The SMILES string of the molecule is Cc1ccc(CN2C[C@H](C(=O)Nc3ccc4nc(C)sc4c3)CC2=O)cc1. The molecule has 1 aliphatic heterocycles. The minimum absolute atomic E-state index is 0.0317. The largest absolute Gasteiger partial charge is 0.338 e. The Hall–Kier alpha value is -2.73. The molecule has 2 heterocycles. The van der Waals surface area contributed by atoms with Gasteiger partial charge in [-0.15, -0.1) is 11.3 Å². The van der Waals surface area contributed by atoms with Crippen molar-refractivity contribution in [2.75, 3.05) is 11.9 Å². The molecule has 1 N–H and O–H groups in total. The van der Waals surface area contributed by atoms with Gasteiger partial charge in [0.05, 0.1) is 21.1 Å². The Balaban J connectivity index is 1.41. The number of rotatable bonds is 4. The third-order valence-corrected chi connectivity index (χ3v) is 5.78. The van der Waals surface area contributed by atoms with Crippen LogP contribution in [0.3, 0.4) is 0 Å². The van der Waals surface area contributed by atoms with Crippen LogP contribution in [0.5, 0.6) is 0 Å². The number of aromatic nitrogens is 1. The molecule has 0 spiro atoms. The van der Waals surface area contributed by atoms with Crippen molar-refractivity contribution in [3.8, 4) is 0 Å². The summed E-state index contributed by atoms with van der Waals surface area (Å²) in [5.74, 6) is -0.388. The van der Waals surface area contributed by atoms with Gasteiger partial charge in [0.2, 0.25) is 11.8 Å². The first kappa shape index (κ1) is 17.7. The first-order chi connectivity index (χ1) is 13.0. The quantitative estimate of drug-likeness (QED) is 0.748. The van der Waals surface area contributed by atoms with E-state index in [1.165, 1.54) is 5.56 Å². The van der Waals surface area contributed by atoms with Crippen molar-refractivity contribution in [3.05, 3.63) is 58.6 Å². The Bertz CT molecular complexity index is 1010. The van der Waals surface area contributed by atoms with Gasteiger partial charge in [-0.1, -0.05) is 29.8 Å². The lowest BCUT2D eigenvalue weighted by atomic mass is 10.1. The lowest BCUT2D eigenvalue weighted by molar-refractivity contribution is -0.128. The van der Waals surface area contributed by atoms with Gasteiger partial charge in [-0.2, -0.15) is 0 Å². The molecular formula is C21H21N3O2S.